The highest BCUT2D eigenvalue weighted by atomic mass is 35.5. The fourth-order valence-electron chi connectivity index (χ4n) is 1.97. The lowest BCUT2D eigenvalue weighted by Gasteiger charge is -2.25. The van der Waals surface area contributed by atoms with Crippen molar-refractivity contribution in [1.29, 1.82) is 0 Å². The van der Waals surface area contributed by atoms with Gasteiger partial charge in [-0.1, -0.05) is 23.7 Å². The summed E-state index contributed by atoms with van der Waals surface area (Å²) in [6.45, 7) is 7.03. The smallest absolute Gasteiger partial charge is 0.193 e. The summed E-state index contributed by atoms with van der Waals surface area (Å²) in [5.41, 5.74) is 1.17. The lowest BCUT2D eigenvalue weighted by atomic mass is 10.2. The molecule has 0 saturated heterocycles. The fourth-order valence-corrected chi connectivity index (χ4v) is 2.18. The predicted octanol–water partition coefficient (Wildman–Crippen LogP) is 2.69. The fraction of sp³-hybridized carbons (Fsp3) is 0.562. The minimum atomic E-state index is 0.554. The first-order valence-electron chi connectivity index (χ1n) is 7.30. The van der Waals surface area contributed by atoms with Crippen LogP contribution in [-0.2, 0) is 6.54 Å². The van der Waals surface area contributed by atoms with Crippen LogP contribution in [-0.4, -0.2) is 56.0 Å². The highest BCUT2D eigenvalue weighted by Gasteiger charge is 2.08. The van der Waals surface area contributed by atoms with Gasteiger partial charge in [0.15, 0.2) is 5.96 Å². The first kappa shape index (κ1) is 17.8. The summed E-state index contributed by atoms with van der Waals surface area (Å²) >= 11 is 6.02. The van der Waals surface area contributed by atoms with Crippen molar-refractivity contribution in [3.63, 3.8) is 0 Å². The van der Waals surface area contributed by atoms with Gasteiger partial charge in [0, 0.05) is 44.8 Å². The Kier molecular flexibility index (Phi) is 7.54. The Hall–Kier alpha value is -1.26. The average molecular weight is 311 g/mol. The second-order valence-electron chi connectivity index (χ2n) is 5.53. The number of hydrogen-bond acceptors (Lipinski definition) is 2. The van der Waals surface area contributed by atoms with E-state index in [-0.39, 0.29) is 0 Å². The van der Waals surface area contributed by atoms with E-state index in [4.69, 9.17) is 11.6 Å². The number of guanidine groups is 1. The van der Waals surface area contributed by atoms with Crippen LogP contribution in [0.4, 0.5) is 0 Å². The Labute approximate surface area is 133 Å². The molecule has 1 N–H and O–H groups in total. The molecule has 0 unspecified atom stereocenters. The number of nitrogens with one attached hydrogen (secondary N) is 1. The number of likely N-dealkylation sites (N-methyl/N-ethyl adjacent to an activating group) is 1. The molecule has 118 valence electrons. The van der Waals surface area contributed by atoms with E-state index in [0.717, 1.165) is 30.6 Å². The van der Waals surface area contributed by atoms with Crippen LogP contribution >= 0.6 is 11.6 Å². The Balaban J connectivity index is 2.48. The minimum absolute atomic E-state index is 0.554. The standard InChI is InChI=1S/C16H27ClN4/c1-13(2)20(4)10-9-19-16(18-3)21(5)12-14-7-6-8-15(17)11-14/h6-8,11,13H,9-10,12H2,1-5H3,(H,18,19). The second kappa shape index (κ2) is 8.90. The lowest BCUT2D eigenvalue weighted by molar-refractivity contribution is 0.277. The molecule has 0 aliphatic heterocycles. The van der Waals surface area contributed by atoms with E-state index < -0.39 is 0 Å². The summed E-state index contributed by atoms with van der Waals surface area (Å²) in [5.74, 6) is 0.895. The molecule has 0 atom stereocenters. The van der Waals surface area contributed by atoms with Crippen molar-refractivity contribution in [2.45, 2.75) is 26.4 Å². The van der Waals surface area contributed by atoms with E-state index in [1.807, 2.05) is 32.3 Å². The van der Waals surface area contributed by atoms with Gasteiger partial charge in [0.25, 0.3) is 0 Å². The predicted molar refractivity (Wildman–Crippen MR) is 92.0 cm³/mol. The number of rotatable bonds is 6. The van der Waals surface area contributed by atoms with Gasteiger partial charge < -0.3 is 15.1 Å². The molecular weight excluding hydrogens is 284 g/mol. The van der Waals surface area contributed by atoms with Gasteiger partial charge >= 0.3 is 0 Å². The van der Waals surface area contributed by atoms with Crippen LogP contribution in [0, 0.1) is 0 Å². The van der Waals surface area contributed by atoms with Crippen LogP contribution in [0.25, 0.3) is 0 Å². The Morgan fingerprint density at radius 2 is 2.05 bits per heavy atom. The summed E-state index contributed by atoms with van der Waals surface area (Å²) < 4.78 is 0. The molecule has 4 nitrogen and oxygen atoms in total. The first-order valence-corrected chi connectivity index (χ1v) is 7.68. The van der Waals surface area contributed by atoms with Crippen LogP contribution in [0.5, 0.6) is 0 Å². The largest absolute Gasteiger partial charge is 0.355 e. The summed E-state index contributed by atoms with van der Waals surface area (Å²) in [4.78, 5) is 8.73. The van der Waals surface area contributed by atoms with Crippen LogP contribution < -0.4 is 5.32 Å². The third-order valence-electron chi connectivity index (χ3n) is 3.51. The molecule has 1 aromatic carbocycles. The van der Waals surface area contributed by atoms with Crippen LogP contribution in [0.3, 0.4) is 0 Å². The molecule has 0 heterocycles. The molecule has 0 aromatic heterocycles. The van der Waals surface area contributed by atoms with E-state index in [0.29, 0.717) is 6.04 Å². The molecule has 0 saturated carbocycles. The van der Waals surface area contributed by atoms with Gasteiger partial charge in [-0.2, -0.15) is 0 Å². The van der Waals surface area contributed by atoms with Crippen LogP contribution in [0.1, 0.15) is 19.4 Å². The van der Waals surface area contributed by atoms with Gasteiger partial charge in [-0.05, 0) is 38.6 Å². The molecule has 0 aliphatic rings. The normalized spacial score (nSPS) is 12.1. The molecule has 0 aliphatic carbocycles. The maximum atomic E-state index is 6.02. The molecule has 1 aromatic rings. The highest BCUT2D eigenvalue weighted by Crippen LogP contribution is 2.12. The van der Waals surface area contributed by atoms with Gasteiger partial charge in [-0.25, -0.2) is 0 Å². The van der Waals surface area contributed by atoms with Gasteiger partial charge in [0.2, 0.25) is 0 Å². The van der Waals surface area contributed by atoms with Gasteiger partial charge in [0.1, 0.15) is 0 Å². The van der Waals surface area contributed by atoms with E-state index in [9.17, 15) is 0 Å². The third-order valence-corrected chi connectivity index (χ3v) is 3.75. The monoisotopic (exact) mass is 310 g/mol. The molecule has 5 heteroatoms. The number of benzene rings is 1. The SMILES string of the molecule is CN=C(NCCN(C)C(C)C)N(C)Cc1cccc(Cl)c1. The minimum Gasteiger partial charge on any atom is -0.355 e. The molecule has 0 radical (unpaired) electrons. The number of nitrogens with zero attached hydrogens (tertiary/aromatic N) is 3. The van der Waals surface area contributed by atoms with Crippen molar-refractivity contribution in [2.75, 3.05) is 34.2 Å². The van der Waals surface area contributed by atoms with Crippen molar-refractivity contribution < 1.29 is 0 Å². The maximum absolute atomic E-state index is 6.02. The van der Waals surface area contributed by atoms with Crippen LogP contribution in [0.2, 0.25) is 5.02 Å². The first-order chi connectivity index (χ1) is 9.93. The number of halogens is 1. The third kappa shape index (κ3) is 6.36. The molecule has 1 rings (SSSR count). The lowest BCUT2D eigenvalue weighted by Crippen LogP contribution is -2.42. The number of aliphatic imine (C=N–C) groups is 1. The molecule has 0 spiro atoms. The van der Waals surface area contributed by atoms with E-state index >= 15 is 0 Å². The second-order valence-corrected chi connectivity index (χ2v) is 5.97. The Morgan fingerprint density at radius 3 is 2.62 bits per heavy atom. The molecule has 0 bridgehead atoms. The van der Waals surface area contributed by atoms with E-state index in [1.165, 1.54) is 5.56 Å². The zero-order valence-electron chi connectivity index (χ0n) is 13.7. The van der Waals surface area contributed by atoms with Crippen molar-refractivity contribution in [1.82, 2.24) is 15.1 Å². The Morgan fingerprint density at radius 1 is 1.33 bits per heavy atom. The maximum Gasteiger partial charge on any atom is 0.193 e. The van der Waals surface area contributed by atoms with Gasteiger partial charge in [-0.3, -0.25) is 4.99 Å². The van der Waals surface area contributed by atoms with Crippen molar-refractivity contribution >= 4 is 17.6 Å². The summed E-state index contributed by atoms with van der Waals surface area (Å²) in [6, 6.07) is 8.47. The zero-order chi connectivity index (χ0) is 15.8. The number of hydrogen-bond donors (Lipinski definition) is 1. The zero-order valence-corrected chi connectivity index (χ0v) is 14.5. The molecular formula is C16H27ClN4. The van der Waals surface area contributed by atoms with Crippen LogP contribution in [0.15, 0.2) is 29.3 Å². The van der Waals surface area contributed by atoms with E-state index in [2.05, 4.69) is 47.1 Å². The highest BCUT2D eigenvalue weighted by molar-refractivity contribution is 6.30. The van der Waals surface area contributed by atoms with Gasteiger partial charge in [0.05, 0.1) is 0 Å². The summed E-state index contributed by atoms with van der Waals surface area (Å²) in [7, 11) is 5.97. The average Bonchev–Trinajstić information content (AvgIpc) is 2.43. The summed E-state index contributed by atoms with van der Waals surface area (Å²) in [6.07, 6.45) is 0. The molecule has 0 fully saturated rings. The topological polar surface area (TPSA) is 30.9 Å². The summed E-state index contributed by atoms with van der Waals surface area (Å²) in [5, 5.41) is 4.16. The van der Waals surface area contributed by atoms with Gasteiger partial charge in [-0.15, -0.1) is 0 Å². The quantitative estimate of drug-likeness (QED) is 0.647. The van der Waals surface area contributed by atoms with Crippen molar-refractivity contribution in [3.8, 4) is 0 Å². The van der Waals surface area contributed by atoms with Crippen molar-refractivity contribution in [3.05, 3.63) is 34.9 Å². The van der Waals surface area contributed by atoms with E-state index in [1.54, 1.807) is 0 Å². The van der Waals surface area contributed by atoms with Crippen molar-refractivity contribution in [2.24, 2.45) is 4.99 Å². The molecule has 21 heavy (non-hydrogen) atoms. The Bertz CT molecular complexity index is 459. The molecule has 0 amide bonds.